The Bertz CT molecular complexity index is 794. The Hall–Kier alpha value is -1.82. The molecular weight excluding hydrogens is 312 g/mol. The van der Waals surface area contributed by atoms with Gasteiger partial charge < -0.3 is 4.98 Å². The number of benzene rings is 1. The summed E-state index contributed by atoms with van der Waals surface area (Å²) >= 11 is 0. The third-order valence-electron chi connectivity index (χ3n) is 5.44. The maximum atomic E-state index is 13.3. The molecule has 2 fully saturated rings. The summed E-state index contributed by atoms with van der Waals surface area (Å²) in [4.78, 5) is 22.1. The molecule has 1 unspecified atom stereocenters. The largest absolute Gasteiger partial charge is 0.310 e. The highest BCUT2D eigenvalue weighted by Gasteiger charge is 2.39. The van der Waals surface area contributed by atoms with Crippen molar-refractivity contribution in [3.8, 4) is 0 Å². The van der Waals surface area contributed by atoms with Crippen molar-refractivity contribution in [2.75, 3.05) is 13.1 Å². The van der Waals surface area contributed by atoms with E-state index in [4.69, 9.17) is 0 Å². The van der Waals surface area contributed by atoms with Crippen LogP contribution >= 0.6 is 0 Å². The van der Waals surface area contributed by atoms with Crippen molar-refractivity contribution in [2.24, 2.45) is 0 Å². The van der Waals surface area contributed by atoms with Gasteiger partial charge >= 0.3 is 0 Å². The highest BCUT2D eigenvalue weighted by molar-refractivity contribution is 5.77. The fourth-order valence-corrected chi connectivity index (χ4v) is 4.03. The van der Waals surface area contributed by atoms with Gasteiger partial charge in [0.25, 0.3) is 5.56 Å². The molecule has 2 heterocycles. The van der Waals surface area contributed by atoms with Gasteiger partial charge in [-0.3, -0.25) is 9.69 Å². The Balaban J connectivity index is 1.50. The fourth-order valence-electron chi connectivity index (χ4n) is 4.03. The molecule has 128 valence electrons. The molecule has 0 amide bonds. The second-order valence-corrected chi connectivity index (χ2v) is 7.04. The fraction of sp³-hybridized carbons (Fsp3) is 0.556. The van der Waals surface area contributed by atoms with Crippen LogP contribution in [0, 0.1) is 0 Å². The van der Waals surface area contributed by atoms with E-state index in [1.165, 1.54) is 0 Å². The second-order valence-electron chi connectivity index (χ2n) is 7.04. The number of likely N-dealkylation sites (tertiary alicyclic amines) is 1. The maximum Gasteiger partial charge on any atom is 0.258 e. The van der Waals surface area contributed by atoms with E-state index in [1.807, 2.05) is 18.2 Å². The van der Waals surface area contributed by atoms with Crippen molar-refractivity contribution in [3.05, 3.63) is 40.4 Å². The van der Waals surface area contributed by atoms with E-state index in [-0.39, 0.29) is 30.4 Å². The zero-order valence-electron chi connectivity index (χ0n) is 13.5. The van der Waals surface area contributed by atoms with Crippen LogP contribution in [-0.2, 0) is 0 Å². The Morgan fingerprint density at radius 2 is 1.92 bits per heavy atom. The van der Waals surface area contributed by atoms with Crippen LogP contribution in [0.15, 0.2) is 29.1 Å². The van der Waals surface area contributed by atoms with Crippen LogP contribution in [0.2, 0.25) is 0 Å². The number of hydrogen-bond acceptors (Lipinski definition) is 3. The van der Waals surface area contributed by atoms with E-state index >= 15 is 0 Å². The number of hydrogen-bond donors (Lipinski definition) is 1. The summed E-state index contributed by atoms with van der Waals surface area (Å²) in [5.41, 5.74) is 0.610. The molecule has 1 aliphatic heterocycles. The number of nitrogens with zero attached hydrogens (tertiary/aromatic N) is 2. The first kappa shape index (κ1) is 15.7. The monoisotopic (exact) mass is 333 g/mol. The van der Waals surface area contributed by atoms with Gasteiger partial charge in [-0.25, -0.2) is 13.8 Å². The minimum Gasteiger partial charge on any atom is -0.310 e. The number of para-hydroxylation sites is 1. The van der Waals surface area contributed by atoms with E-state index in [9.17, 15) is 13.6 Å². The molecule has 2 aromatic rings. The molecule has 0 radical (unpaired) electrons. The lowest BCUT2D eigenvalue weighted by Gasteiger charge is -2.34. The van der Waals surface area contributed by atoms with Crippen LogP contribution in [0.3, 0.4) is 0 Å². The maximum absolute atomic E-state index is 13.3. The Kier molecular flexibility index (Phi) is 3.87. The van der Waals surface area contributed by atoms with Crippen LogP contribution in [0.25, 0.3) is 10.9 Å². The molecule has 4 nitrogen and oxygen atoms in total. The van der Waals surface area contributed by atoms with Gasteiger partial charge in [0.1, 0.15) is 5.82 Å². The summed E-state index contributed by atoms with van der Waals surface area (Å²) in [5.74, 6) is -1.59. The van der Waals surface area contributed by atoms with Gasteiger partial charge in [-0.1, -0.05) is 12.1 Å². The van der Waals surface area contributed by atoms with Crippen LogP contribution in [-0.4, -0.2) is 39.9 Å². The van der Waals surface area contributed by atoms with E-state index in [0.717, 1.165) is 25.3 Å². The summed E-state index contributed by atoms with van der Waals surface area (Å²) in [6.45, 7) is 1.68. The van der Waals surface area contributed by atoms with Gasteiger partial charge in [0.15, 0.2) is 0 Å². The van der Waals surface area contributed by atoms with Gasteiger partial charge in [0, 0.05) is 31.3 Å². The predicted octanol–water partition coefficient (Wildman–Crippen LogP) is 3.29. The number of nitrogens with one attached hydrogen (secondary N) is 1. The zero-order chi connectivity index (χ0) is 16.7. The average molecular weight is 333 g/mol. The minimum absolute atomic E-state index is 0.0100. The first-order chi connectivity index (χ1) is 11.5. The van der Waals surface area contributed by atoms with Crippen LogP contribution in [0.5, 0.6) is 0 Å². The lowest BCUT2D eigenvalue weighted by atomic mass is 9.91. The normalized spacial score (nSPS) is 25.3. The topological polar surface area (TPSA) is 49.0 Å². The number of fused-ring (bicyclic) bond motifs is 1. The average Bonchev–Trinajstić information content (AvgIpc) is 3.05. The number of alkyl halides is 2. The lowest BCUT2D eigenvalue weighted by Crippen LogP contribution is -2.39. The van der Waals surface area contributed by atoms with Crippen molar-refractivity contribution in [1.82, 2.24) is 14.9 Å². The third-order valence-corrected chi connectivity index (χ3v) is 5.44. The minimum atomic E-state index is -2.49. The first-order valence-electron chi connectivity index (χ1n) is 8.63. The van der Waals surface area contributed by atoms with Crippen LogP contribution in [0.4, 0.5) is 8.78 Å². The molecule has 4 rings (SSSR count). The molecule has 0 spiro atoms. The number of H-pyrrole nitrogens is 1. The summed E-state index contributed by atoms with van der Waals surface area (Å²) < 4.78 is 26.7. The van der Waals surface area contributed by atoms with Crippen molar-refractivity contribution in [1.29, 1.82) is 0 Å². The predicted molar refractivity (Wildman–Crippen MR) is 88.5 cm³/mol. The molecule has 24 heavy (non-hydrogen) atoms. The van der Waals surface area contributed by atoms with Gasteiger partial charge in [-0.05, 0) is 37.9 Å². The zero-order valence-corrected chi connectivity index (χ0v) is 13.5. The Morgan fingerprint density at radius 1 is 1.17 bits per heavy atom. The van der Waals surface area contributed by atoms with E-state index < -0.39 is 5.92 Å². The summed E-state index contributed by atoms with van der Waals surface area (Å²) in [7, 11) is 0. The molecule has 0 bridgehead atoms. The van der Waals surface area contributed by atoms with Gasteiger partial charge in [-0.15, -0.1) is 0 Å². The molecule has 1 atom stereocenters. The van der Waals surface area contributed by atoms with E-state index in [2.05, 4.69) is 14.9 Å². The molecule has 1 saturated heterocycles. The first-order valence-corrected chi connectivity index (χ1v) is 8.63. The van der Waals surface area contributed by atoms with Crippen LogP contribution < -0.4 is 5.56 Å². The van der Waals surface area contributed by atoms with Crippen molar-refractivity contribution in [2.45, 2.75) is 50.0 Å². The summed E-state index contributed by atoms with van der Waals surface area (Å²) in [6, 6.07) is 7.57. The van der Waals surface area contributed by atoms with Crippen molar-refractivity contribution in [3.63, 3.8) is 0 Å². The molecule has 1 aromatic heterocycles. The standard InChI is InChI=1S/C18H21F2N3O/c19-18(20)8-5-13(6-9-18)23-10-7-12(11-23)16-21-15-4-2-1-3-14(15)17(24)22-16/h1-4,12-13H,5-11H2,(H,21,22,24). The molecule has 1 aliphatic carbocycles. The Labute approximate surface area is 138 Å². The smallest absolute Gasteiger partial charge is 0.258 e. The van der Waals surface area contributed by atoms with Gasteiger partial charge in [0.05, 0.1) is 10.9 Å². The number of halogens is 2. The molecule has 6 heteroatoms. The molecule has 1 N–H and O–H groups in total. The lowest BCUT2D eigenvalue weighted by molar-refractivity contribution is -0.0516. The molecule has 1 aromatic carbocycles. The second kappa shape index (κ2) is 5.92. The van der Waals surface area contributed by atoms with Gasteiger partial charge in [-0.2, -0.15) is 0 Å². The van der Waals surface area contributed by atoms with Crippen LogP contribution in [0.1, 0.15) is 43.8 Å². The number of aromatic nitrogens is 2. The third kappa shape index (κ3) is 2.95. The van der Waals surface area contributed by atoms with Crippen molar-refractivity contribution < 1.29 is 8.78 Å². The Morgan fingerprint density at radius 3 is 2.71 bits per heavy atom. The quantitative estimate of drug-likeness (QED) is 0.917. The van der Waals surface area contributed by atoms with E-state index in [1.54, 1.807) is 6.07 Å². The molecule has 1 saturated carbocycles. The summed E-state index contributed by atoms with van der Waals surface area (Å²) in [5, 5.41) is 0.602. The molecule has 2 aliphatic rings. The molecular formula is C18H21F2N3O. The number of rotatable bonds is 2. The number of aromatic amines is 1. The van der Waals surface area contributed by atoms with Gasteiger partial charge in [0.2, 0.25) is 5.92 Å². The summed E-state index contributed by atoms with van der Waals surface area (Å²) in [6.07, 6.45) is 2.00. The highest BCUT2D eigenvalue weighted by Crippen LogP contribution is 2.37. The highest BCUT2D eigenvalue weighted by atomic mass is 19.3. The van der Waals surface area contributed by atoms with E-state index in [0.29, 0.717) is 23.7 Å². The van der Waals surface area contributed by atoms with Crippen molar-refractivity contribution >= 4 is 10.9 Å². The SMILES string of the molecule is O=c1[nH]c(C2CCN(C3CCC(F)(F)CC3)C2)nc2ccccc12.